The summed E-state index contributed by atoms with van der Waals surface area (Å²) in [6.07, 6.45) is 4.67. The summed E-state index contributed by atoms with van der Waals surface area (Å²) in [5, 5.41) is -0.117. The van der Waals surface area contributed by atoms with Gasteiger partial charge in [0.15, 0.2) is 8.32 Å². The van der Waals surface area contributed by atoms with E-state index >= 15 is 0 Å². The number of esters is 1. The molecule has 0 bridgehead atoms. The summed E-state index contributed by atoms with van der Waals surface area (Å²) in [5.74, 6) is 1.20. The summed E-state index contributed by atoms with van der Waals surface area (Å²) in [4.78, 5) is 26.6. The third-order valence-electron chi connectivity index (χ3n) is 10.6. The number of carbonyl (C=O) groups excluding carboxylic acids is 1. The van der Waals surface area contributed by atoms with Crippen LogP contribution in [0, 0.1) is 0 Å². The molecular formula is C43H52N4O5Si. The van der Waals surface area contributed by atoms with Gasteiger partial charge in [0.1, 0.15) is 29.3 Å². The summed E-state index contributed by atoms with van der Waals surface area (Å²) in [6.45, 7) is 14.4. The molecule has 1 aliphatic rings. The monoisotopic (exact) mass is 732 g/mol. The molecule has 9 nitrogen and oxygen atoms in total. The molecule has 3 aromatic carbocycles. The number of nitrogens with zero attached hydrogens (tertiary/aromatic N) is 4. The number of ether oxygens (including phenoxy) is 3. The molecule has 0 spiro atoms. The molecule has 53 heavy (non-hydrogen) atoms. The largest absolute Gasteiger partial charge is 0.497 e. The Balaban J connectivity index is 1.46. The van der Waals surface area contributed by atoms with Crippen molar-refractivity contribution in [3.05, 3.63) is 131 Å². The molecule has 0 amide bonds. The van der Waals surface area contributed by atoms with Crippen LogP contribution in [-0.4, -0.2) is 49.6 Å². The van der Waals surface area contributed by atoms with E-state index in [1.165, 1.54) is 5.56 Å². The molecule has 2 aromatic heterocycles. The Bertz CT molecular complexity index is 1950. The number of benzene rings is 3. The Hall–Kier alpha value is -4.93. The molecule has 5 aromatic rings. The van der Waals surface area contributed by atoms with Crippen molar-refractivity contribution < 1.29 is 23.4 Å². The summed E-state index contributed by atoms with van der Waals surface area (Å²) in [5.41, 5.74) is 7.20. The second kappa shape index (κ2) is 16.0. The van der Waals surface area contributed by atoms with E-state index in [4.69, 9.17) is 28.6 Å². The number of hydrogen-bond donors (Lipinski definition) is 0. The minimum atomic E-state index is -2.46. The van der Waals surface area contributed by atoms with Crippen molar-refractivity contribution in [3.63, 3.8) is 0 Å². The Kier molecular flexibility index (Phi) is 11.4. The van der Waals surface area contributed by atoms with Crippen LogP contribution < -0.4 is 14.4 Å². The van der Waals surface area contributed by atoms with Crippen LogP contribution in [0.25, 0.3) is 5.69 Å². The molecular weight excluding hydrogens is 681 g/mol. The Morgan fingerprint density at radius 3 is 2.08 bits per heavy atom. The quantitative estimate of drug-likeness (QED) is 0.0826. The number of rotatable bonds is 14. The average Bonchev–Trinajstić information content (AvgIpc) is 3.59. The zero-order valence-electron chi connectivity index (χ0n) is 32.3. The number of carbonyl (C=O) groups is 1. The molecule has 0 saturated carbocycles. The van der Waals surface area contributed by atoms with E-state index in [0.29, 0.717) is 13.1 Å². The molecule has 278 valence electrons. The van der Waals surface area contributed by atoms with Gasteiger partial charge in [-0.05, 0) is 103 Å². The smallest absolute Gasteiger partial charge is 0.316 e. The molecule has 0 saturated heterocycles. The van der Waals surface area contributed by atoms with E-state index in [1.807, 2.05) is 49.6 Å². The van der Waals surface area contributed by atoms with Crippen LogP contribution in [0.5, 0.6) is 11.5 Å². The first kappa shape index (κ1) is 37.8. The van der Waals surface area contributed by atoms with Crippen molar-refractivity contribution in [1.29, 1.82) is 0 Å². The second-order valence-corrected chi connectivity index (χ2v) is 19.9. The third-order valence-corrected chi connectivity index (χ3v) is 15.1. The lowest BCUT2D eigenvalue weighted by molar-refractivity contribution is -0.147. The lowest BCUT2D eigenvalue weighted by atomic mass is 9.89. The fraction of sp³-hybridized carbons (Fsp3) is 0.372. The molecule has 6 rings (SSSR count). The van der Waals surface area contributed by atoms with Gasteiger partial charge in [0.05, 0.1) is 32.8 Å². The van der Waals surface area contributed by atoms with Crippen LogP contribution >= 0.6 is 0 Å². The summed E-state index contributed by atoms with van der Waals surface area (Å²) < 4.78 is 26.2. The van der Waals surface area contributed by atoms with Crippen LogP contribution in [0.3, 0.4) is 0 Å². The average molecular weight is 733 g/mol. The first-order valence-corrected chi connectivity index (χ1v) is 21.3. The Morgan fingerprint density at radius 2 is 1.49 bits per heavy atom. The van der Waals surface area contributed by atoms with Crippen LogP contribution in [0.1, 0.15) is 73.4 Å². The molecule has 0 radical (unpaired) electrons. The third kappa shape index (κ3) is 8.34. The normalized spacial score (nSPS) is 13.7. The zero-order valence-corrected chi connectivity index (χ0v) is 33.3. The van der Waals surface area contributed by atoms with Gasteiger partial charge in [-0.1, -0.05) is 63.2 Å². The Labute approximate surface area is 315 Å². The van der Waals surface area contributed by atoms with Gasteiger partial charge in [0.25, 0.3) is 0 Å². The van der Waals surface area contributed by atoms with Crippen molar-refractivity contribution in [2.24, 2.45) is 0 Å². The summed E-state index contributed by atoms with van der Waals surface area (Å²) in [6, 6.07) is 28.5. The fourth-order valence-corrected chi connectivity index (χ4v) is 7.89. The van der Waals surface area contributed by atoms with Gasteiger partial charge in [-0.15, -0.1) is 0 Å². The molecule has 0 N–H and O–H groups in total. The Morgan fingerprint density at radius 1 is 0.868 bits per heavy atom. The summed E-state index contributed by atoms with van der Waals surface area (Å²) in [7, 11) is 0.873. The van der Waals surface area contributed by atoms with Crippen LogP contribution in [0.2, 0.25) is 18.1 Å². The van der Waals surface area contributed by atoms with Crippen LogP contribution in [-0.2, 0) is 39.9 Å². The van der Waals surface area contributed by atoms with E-state index in [-0.39, 0.29) is 17.6 Å². The molecule has 0 aliphatic carbocycles. The minimum Gasteiger partial charge on any atom is -0.497 e. The maximum atomic E-state index is 14.4. The number of fused-ring (bicyclic) bond motifs is 3. The molecule has 2 unspecified atom stereocenters. The topological polar surface area (TPSA) is 87.9 Å². The maximum Gasteiger partial charge on any atom is 0.316 e. The van der Waals surface area contributed by atoms with Gasteiger partial charge in [-0.25, -0.2) is 9.97 Å². The lowest BCUT2D eigenvalue weighted by Crippen LogP contribution is -2.44. The van der Waals surface area contributed by atoms with Gasteiger partial charge in [0, 0.05) is 30.7 Å². The fourth-order valence-electron chi connectivity index (χ4n) is 6.66. The van der Waals surface area contributed by atoms with Gasteiger partial charge >= 0.3 is 5.97 Å². The molecule has 2 atom stereocenters. The van der Waals surface area contributed by atoms with Crippen LogP contribution in [0.4, 0.5) is 5.82 Å². The predicted molar refractivity (Wildman–Crippen MR) is 211 cm³/mol. The van der Waals surface area contributed by atoms with Gasteiger partial charge in [-0.3, -0.25) is 4.79 Å². The first-order chi connectivity index (χ1) is 25.4. The highest BCUT2D eigenvalue weighted by Gasteiger charge is 2.45. The van der Waals surface area contributed by atoms with E-state index < -0.39 is 20.3 Å². The standard InChI is InChI=1S/C43H52N4O5Si/c1-9-51-42(48)39(41(52-53(7,8)43(2,3)4)40-37-23-18-32-12-10-11-13-36(32)47(37)29-45-40)33-24-25-44-38(26-33)46(27-30-14-19-34(49-5)20-15-30)28-31-16-21-35(50-6)22-17-31/h10-17,19-22,24-26,29,39,41H,9,18,23,27-28H2,1-8H3. The molecule has 0 fully saturated rings. The highest BCUT2D eigenvalue weighted by Crippen LogP contribution is 2.46. The van der Waals surface area contributed by atoms with E-state index in [0.717, 1.165) is 63.9 Å². The first-order valence-electron chi connectivity index (χ1n) is 18.4. The van der Waals surface area contributed by atoms with E-state index in [2.05, 4.69) is 91.9 Å². The molecule has 3 heterocycles. The highest BCUT2D eigenvalue weighted by molar-refractivity contribution is 6.74. The number of imidazole rings is 1. The zero-order chi connectivity index (χ0) is 37.8. The minimum absolute atomic E-state index is 0.117. The highest BCUT2D eigenvalue weighted by atomic mass is 28.4. The number of aromatic nitrogens is 3. The number of methoxy groups -OCH3 is 2. The number of hydrogen-bond acceptors (Lipinski definition) is 8. The number of para-hydroxylation sites is 1. The molecule has 10 heteroatoms. The SMILES string of the molecule is CCOC(=O)C(c1ccnc(N(Cc2ccc(OC)cc2)Cc2ccc(OC)cc2)c1)C(O[Si](C)(C)C(C)(C)C)c1ncn2c1CCc1ccccc1-2. The van der Waals surface area contributed by atoms with Crippen molar-refractivity contribution in [2.45, 2.75) is 83.8 Å². The number of aryl methyl sites for hydroxylation is 1. The predicted octanol–water partition coefficient (Wildman–Crippen LogP) is 9.00. The van der Waals surface area contributed by atoms with Crippen LogP contribution in [0.15, 0.2) is 97.5 Å². The van der Waals surface area contributed by atoms with Crippen molar-refractivity contribution in [1.82, 2.24) is 14.5 Å². The van der Waals surface area contributed by atoms with E-state index in [9.17, 15) is 4.79 Å². The van der Waals surface area contributed by atoms with Gasteiger partial charge < -0.3 is 28.1 Å². The maximum absolute atomic E-state index is 14.4. The van der Waals surface area contributed by atoms with Gasteiger partial charge in [0.2, 0.25) is 0 Å². The molecule has 1 aliphatic heterocycles. The number of anilines is 1. The van der Waals surface area contributed by atoms with E-state index in [1.54, 1.807) is 20.4 Å². The van der Waals surface area contributed by atoms with Gasteiger partial charge in [-0.2, -0.15) is 0 Å². The lowest BCUT2D eigenvalue weighted by Gasteiger charge is -2.41. The van der Waals surface area contributed by atoms with Crippen molar-refractivity contribution in [2.75, 3.05) is 25.7 Å². The number of pyridine rings is 1. The van der Waals surface area contributed by atoms with Crippen molar-refractivity contribution >= 4 is 20.1 Å². The second-order valence-electron chi connectivity index (χ2n) is 15.1. The summed E-state index contributed by atoms with van der Waals surface area (Å²) >= 11 is 0. The van der Waals surface area contributed by atoms with Crippen molar-refractivity contribution in [3.8, 4) is 17.2 Å².